The smallest absolute Gasteiger partial charge is 0.264 e. The van der Waals surface area contributed by atoms with Gasteiger partial charge in [-0.05, 0) is 93.6 Å². The molecule has 7 nitrogen and oxygen atoms in total. The van der Waals surface area contributed by atoms with E-state index < -0.39 is 28.5 Å². The van der Waals surface area contributed by atoms with Gasteiger partial charge in [-0.2, -0.15) is 0 Å². The first-order valence-corrected chi connectivity index (χ1v) is 16.7. The largest absolute Gasteiger partial charge is 0.352 e. The van der Waals surface area contributed by atoms with Gasteiger partial charge in [0.15, 0.2) is 0 Å². The minimum atomic E-state index is -4.10. The van der Waals surface area contributed by atoms with Gasteiger partial charge in [0.2, 0.25) is 11.8 Å². The van der Waals surface area contributed by atoms with Gasteiger partial charge in [-0.3, -0.25) is 13.9 Å². The number of carbonyl (C=O) groups is 2. The lowest BCUT2D eigenvalue weighted by Crippen LogP contribution is -2.53. The van der Waals surface area contributed by atoms with Crippen LogP contribution in [0.25, 0.3) is 0 Å². The SMILES string of the molecule is Cc1ccc(S(=O)(=O)N(CC(=O)N(Cc2cccc(Br)c2)C(C)C(=O)NC2CCCCC2)c2ccc(C)c(C)c2)cc1. The molecule has 42 heavy (non-hydrogen) atoms. The molecule has 0 aliphatic heterocycles. The third-order valence-corrected chi connectivity index (χ3v) is 10.3. The van der Waals surface area contributed by atoms with Crippen LogP contribution in [0, 0.1) is 20.8 Å². The molecule has 3 aromatic carbocycles. The molecule has 0 radical (unpaired) electrons. The summed E-state index contributed by atoms with van der Waals surface area (Å²) in [6.07, 6.45) is 5.16. The van der Waals surface area contributed by atoms with Crippen LogP contribution < -0.4 is 9.62 Å². The molecule has 0 bridgehead atoms. The summed E-state index contributed by atoms with van der Waals surface area (Å²) in [6, 6.07) is 18.8. The lowest BCUT2D eigenvalue weighted by atomic mass is 9.95. The highest BCUT2D eigenvalue weighted by atomic mass is 79.9. The van der Waals surface area contributed by atoms with Crippen LogP contribution in [0.5, 0.6) is 0 Å². The van der Waals surface area contributed by atoms with Crippen molar-refractivity contribution in [2.45, 2.75) is 83.3 Å². The third-order valence-electron chi connectivity index (χ3n) is 8.03. The number of nitrogens with zero attached hydrogens (tertiary/aromatic N) is 2. The van der Waals surface area contributed by atoms with Crippen LogP contribution in [0.15, 0.2) is 76.1 Å². The van der Waals surface area contributed by atoms with Crippen molar-refractivity contribution < 1.29 is 18.0 Å². The van der Waals surface area contributed by atoms with E-state index in [1.807, 2.05) is 51.1 Å². The van der Waals surface area contributed by atoms with Crippen LogP contribution in [0.4, 0.5) is 5.69 Å². The third kappa shape index (κ3) is 7.81. The van der Waals surface area contributed by atoms with Crippen molar-refractivity contribution in [3.8, 4) is 0 Å². The summed E-state index contributed by atoms with van der Waals surface area (Å²) in [5, 5.41) is 3.14. The molecule has 0 spiro atoms. The lowest BCUT2D eigenvalue weighted by Gasteiger charge is -2.33. The minimum absolute atomic E-state index is 0.0884. The molecule has 9 heteroatoms. The molecular formula is C33H40BrN3O4S. The first kappa shape index (κ1) is 31.8. The van der Waals surface area contributed by atoms with Crippen molar-refractivity contribution in [3.05, 3.63) is 93.5 Å². The molecule has 1 aliphatic rings. The number of hydrogen-bond acceptors (Lipinski definition) is 4. The Morgan fingerprint density at radius 3 is 2.26 bits per heavy atom. The topological polar surface area (TPSA) is 86.8 Å². The summed E-state index contributed by atoms with van der Waals surface area (Å²) < 4.78 is 30.1. The van der Waals surface area contributed by atoms with E-state index >= 15 is 0 Å². The summed E-state index contributed by atoms with van der Waals surface area (Å²) in [4.78, 5) is 29.2. The second-order valence-electron chi connectivity index (χ2n) is 11.3. The number of hydrogen-bond donors (Lipinski definition) is 1. The Kier molecular flexibility index (Phi) is 10.5. The molecule has 1 fully saturated rings. The number of nitrogens with one attached hydrogen (secondary N) is 1. The molecule has 0 aromatic heterocycles. The molecule has 1 saturated carbocycles. The normalized spacial score (nSPS) is 14.7. The molecule has 0 heterocycles. The first-order valence-electron chi connectivity index (χ1n) is 14.5. The molecule has 224 valence electrons. The quantitative estimate of drug-likeness (QED) is 0.273. The van der Waals surface area contributed by atoms with Gasteiger partial charge in [-0.1, -0.05) is 71.1 Å². The number of anilines is 1. The fraction of sp³-hybridized carbons (Fsp3) is 0.394. The van der Waals surface area contributed by atoms with Crippen molar-refractivity contribution in [1.29, 1.82) is 0 Å². The Morgan fingerprint density at radius 1 is 0.929 bits per heavy atom. The number of aryl methyl sites for hydroxylation is 3. The number of carbonyl (C=O) groups excluding carboxylic acids is 2. The summed E-state index contributed by atoms with van der Waals surface area (Å²) in [5.74, 6) is -0.695. The van der Waals surface area contributed by atoms with Crippen molar-refractivity contribution in [2.24, 2.45) is 0 Å². The van der Waals surface area contributed by atoms with Crippen LogP contribution in [0.2, 0.25) is 0 Å². The Balaban J connectivity index is 1.69. The Bertz CT molecular complexity index is 1520. The van der Waals surface area contributed by atoms with Crippen molar-refractivity contribution >= 4 is 43.5 Å². The van der Waals surface area contributed by atoms with Gasteiger partial charge in [0.1, 0.15) is 12.6 Å². The van der Waals surface area contributed by atoms with E-state index in [1.165, 1.54) is 11.3 Å². The van der Waals surface area contributed by atoms with Gasteiger partial charge >= 0.3 is 0 Å². The Hall–Kier alpha value is -3.17. The molecular weight excluding hydrogens is 614 g/mol. The average molecular weight is 655 g/mol. The summed E-state index contributed by atoms with van der Waals surface area (Å²) in [7, 11) is -4.10. The van der Waals surface area contributed by atoms with Crippen molar-refractivity contribution in [1.82, 2.24) is 10.2 Å². The number of halogens is 1. The maximum Gasteiger partial charge on any atom is 0.264 e. The minimum Gasteiger partial charge on any atom is -0.352 e. The van der Waals surface area contributed by atoms with Gasteiger partial charge in [-0.15, -0.1) is 0 Å². The predicted molar refractivity (Wildman–Crippen MR) is 171 cm³/mol. The summed E-state index contributed by atoms with van der Waals surface area (Å²) in [6.45, 7) is 7.17. The van der Waals surface area contributed by atoms with E-state index in [0.29, 0.717) is 5.69 Å². The second kappa shape index (κ2) is 13.9. The van der Waals surface area contributed by atoms with E-state index in [2.05, 4.69) is 21.2 Å². The Labute approximate surface area is 258 Å². The van der Waals surface area contributed by atoms with Crippen molar-refractivity contribution in [3.63, 3.8) is 0 Å². The van der Waals surface area contributed by atoms with Crippen LogP contribution in [0.3, 0.4) is 0 Å². The zero-order chi connectivity index (χ0) is 30.4. The number of benzene rings is 3. The molecule has 0 saturated heterocycles. The number of rotatable bonds is 10. The molecule has 1 aliphatic carbocycles. The highest BCUT2D eigenvalue weighted by Crippen LogP contribution is 2.27. The van der Waals surface area contributed by atoms with Gasteiger partial charge < -0.3 is 10.2 Å². The lowest BCUT2D eigenvalue weighted by molar-refractivity contribution is -0.139. The van der Waals surface area contributed by atoms with Crippen LogP contribution in [-0.2, 0) is 26.2 Å². The molecule has 2 amide bonds. The number of sulfonamides is 1. The zero-order valence-electron chi connectivity index (χ0n) is 24.8. The van der Waals surface area contributed by atoms with Crippen molar-refractivity contribution in [2.75, 3.05) is 10.8 Å². The zero-order valence-corrected chi connectivity index (χ0v) is 27.2. The number of amides is 2. The highest BCUT2D eigenvalue weighted by Gasteiger charge is 2.33. The Morgan fingerprint density at radius 2 is 1.62 bits per heavy atom. The van der Waals surface area contributed by atoms with Gasteiger partial charge in [0.25, 0.3) is 10.0 Å². The standard InChI is InChI=1S/C33H40BrN3O4S/c1-23-13-17-31(18-14-23)42(40,41)37(30-16-15-24(2)25(3)19-30)22-32(38)36(21-27-9-8-10-28(34)20-27)26(4)33(39)35-29-11-6-5-7-12-29/h8-10,13-20,26,29H,5-7,11-12,21-22H2,1-4H3,(H,35,39). The van der Waals surface area contributed by atoms with E-state index in [-0.39, 0.29) is 23.4 Å². The van der Waals surface area contributed by atoms with Gasteiger partial charge in [0, 0.05) is 17.1 Å². The van der Waals surface area contributed by atoms with Crippen LogP contribution in [0.1, 0.15) is 61.3 Å². The summed E-state index contributed by atoms with van der Waals surface area (Å²) in [5.41, 5.74) is 4.08. The molecule has 1 N–H and O–H groups in total. The van der Waals surface area contributed by atoms with Crippen LogP contribution >= 0.6 is 15.9 Å². The average Bonchev–Trinajstić information content (AvgIpc) is 2.96. The fourth-order valence-electron chi connectivity index (χ4n) is 5.23. The molecule has 1 atom stereocenters. The van der Waals surface area contributed by atoms with Gasteiger partial charge in [0.05, 0.1) is 10.6 Å². The van der Waals surface area contributed by atoms with E-state index in [4.69, 9.17) is 0 Å². The maximum absolute atomic E-state index is 14.2. The van der Waals surface area contributed by atoms with E-state index in [9.17, 15) is 18.0 Å². The maximum atomic E-state index is 14.2. The predicted octanol–water partition coefficient (Wildman–Crippen LogP) is 6.44. The first-order chi connectivity index (χ1) is 20.0. The van der Waals surface area contributed by atoms with E-state index in [1.54, 1.807) is 43.3 Å². The molecule has 4 rings (SSSR count). The van der Waals surface area contributed by atoms with Crippen LogP contribution in [-0.4, -0.2) is 43.8 Å². The summed E-state index contributed by atoms with van der Waals surface area (Å²) >= 11 is 3.49. The molecule has 3 aromatic rings. The second-order valence-corrected chi connectivity index (χ2v) is 14.0. The van der Waals surface area contributed by atoms with E-state index in [0.717, 1.165) is 56.7 Å². The highest BCUT2D eigenvalue weighted by molar-refractivity contribution is 9.10. The monoisotopic (exact) mass is 653 g/mol. The van der Waals surface area contributed by atoms with Gasteiger partial charge in [-0.25, -0.2) is 8.42 Å². The fourth-order valence-corrected chi connectivity index (χ4v) is 7.08. The molecule has 1 unspecified atom stereocenters.